The van der Waals surface area contributed by atoms with Gasteiger partial charge in [0.2, 0.25) is 5.91 Å². The molecule has 0 unspecified atom stereocenters. The second kappa shape index (κ2) is 10.5. The predicted octanol–water partition coefficient (Wildman–Crippen LogP) is 2.77. The maximum atomic E-state index is 12.6. The highest BCUT2D eigenvalue weighted by Gasteiger charge is 2.18. The number of rotatable bonds is 9. The van der Waals surface area contributed by atoms with Gasteiger partial charge in [-0.05, 0) is 35.9 Å². The monoisotopic (exact) mass is 388 g/mol. The highest BCUT2D eigenvalue weighted by Crippen LogP contribution is 2.12. The number of hydrogen-bond acceptors (Lipinski definition) is 5. The summed E-state index contributed by atoms with van der Waals surface area (Å²) >= 11 is 1.46. The Morgan fingerprint density at radius 1 is 1.19 bits per heavy atom. The molecule has 0 saturated carbocycles. The first-order valence-electron chi connectivity index (χ1n) is 8.70. The molecule has 1 N–H and O–H groups in total. The van der Waals surface area contributed by atoms with E-state index >= 15 is 0 Å². The van der Waals surface area contributed by atoms with Crippen molar-refractivity contribution in [3.8, 4) is 0 Å². The van der Waals surface area contributed by atoms with Crippen LogP contribution in [0.15, 0.2) is 41.1 Å². The van der Waals surface area contributed by atoms with E-state index in [2.05, 4.69) is 5.32 Å². The number of esters is 1. The Balaban J connectivity index is 1.88. The largest absolute Gasteiger partial charge is 0.468 e. The van der Waals surface area contributed by atoms with Crippen LogP contribution in [0, 0.1) is 6.92 Å². The number of nitrogens with zero attached hydrogens (tertiary/aromatic N) is 1. The summed E-state index contributed by atoms with van der Waals surface area (Å²) in [6.45, 7) is 2.62. The summed E-state index contributed by atoms with van der Waals surface area (Å²) in [5, 5.41) is 6.42. The summed E-state index contributed by atoms with van der Waals surface area (Å²) in [4.78, 5) is 37.7. The summed E-state index contributed by atoms with van der Waals surface area (Å²) in [7, 11) is 1.30. The lowest BCUT2D eigenvalue weighted by Crippen LogP contribution is -2.36. The lowest BCUT2D eigenvalue weighted by molar-refractivity contribution is -0.147. The molecule has 0 atom stereocenters. The molecule has 2 rings (SSSR count). The average Bonchev–Trinajstić information content (AvgIpc) is 3.20. The minimum absolute atomic E-state index is 0.0923. The average molecular weight is 388 g/mol. The van der Waals surface area contributed by atoms with Crippen molar-refractivity contribution in [2.45, 2.75) is 26.3 Å². The molecular formula is C20H24N2O4S. The molecule has 0 aliphatic heterocycles. The van der Waals surface area contributed by atoms with Gasteiger partial charge in [-0.15, -0.1) is 0 Å². The van der Waals surface area contributed by atoms with Crippen LogP contribution in [0.4, 0.5) is 0 Å². The highest BCUT2D eigenvalue weighted by molar-refractivity contribution is 7.08. The lowest BCUT2D eigenvalue weighted by Gasteiger charge is -2.22. The maximum absolute atomic E-state index is 12.6. The van der Waals surface area contributed by atoms with E-state index in [0.29, 0.717) is 25.1 Å². The fraction of sp³-hybridized carbons (Fsp3) is 0.350. The Hall–Kier alpha value is -2.67. The lowest BCUT2D eigenvalue weighted by atomic mass is 10.1. The Morgan fingerprint density at radius 3 is 2.63 bits per heavy atom. The van der Waals surface area contributed by atoms with Crippen LogP contribution >= 0.6 is 11.3 Å². The van der Waals surface area contributed by atoms with E-state index in [4.69, 9.17) is 4.74 Å². The van der Waals surface area contributed by atoms with Gasteiger partial charge in [-0.3, -0.25) is 14.4 Å². The molecule has 0 aliphatic rings. The number of carbonyl (C=O) groups excluding carboxylic acids is 3. The molecule has 1 aromatic carbocycles. The van der Waals surface area contributed by atoms with Crippen LogP contribution in [0.2, 0.25) is 0 Å². The number of benzene rings is 1. The smallest absolute Gasteiger partial charge is 0.325 e. The molecule has 7 heteroatoms. The Labute approximate surface area is 163 Å². The SMILES string of the molecule is COC(=O)CN(Cc1ccccc1C)C(=O)CCCNC(=O)c1ccsc1. The van der Waals surface area contributed by atoms with Crippen molar-refractivity contribution in [1.29, 1.82) is 0 Å². The molecule has 144 valence electrons. The first kappa shape index (κ1) is 20.6. The number of hydrogen-bond donors (Lipinski definition) is 1. The quantitative estimate of drug-likeness (QED) is 0.529. The topological polar surface area (TPSA) is 75.7 Å². The highest BCUT2D eigenvalue weighted by atomic mass is 32.1. The van der Waals surface area contributed by atoms with Gasteiger partial charge in [-0.1, -0.05) is 24.3 Å². The van der Waals surface area contributed by atoms with Crippen LogP contribution < -0.4 is 5.32 Å². The maximum Gasteiger partial charge on any atom is 0.325 e. The Bertz CT molecular complexity index is 774. The molecule has 27 heavy (non-hydrogen) atoms. The van der Waals surface area contributed by atoms with Crippen LogP contribution in [0.1, 0.15) is 34.3 Å². The van der Waals surface area contributed by atoms with Gasteiger partial charge in [-0.25, -0.2) is 0 Å². The number of nitrogens with one attached hydrogen (secondary N) is 1. The van der Waals surface area contributed by atoms with Crippen molar-refractivity contribution in [2.75, 3.05) is 20.2 Å². The predicted molar refractivity (Wildman–Crippen MR) is 104 cm³/mol. The molecule has 0 fully saturated rings. The molecule has 0 bridgehead atoms. The van der Waals surface area contributed by atoms with Crippen molar-refractivity contribution >= 4 is 29.1 Å². The molecule has 2 amide bonds. The van der Waals surface area contributed by atoms with Crippen molar-refractivity contribution < 1.29 is 19.1 Å². The van der Waals surface area contributed by atoms with E-state index in [1.807, 2.05) is 36.6 Å². The molecule has 1 heterocycles. The van der Waals surface area contributed by atoms with E-state index in [9.17, 15) is 14.4 Å². The number of aryl methyl sites for hydroxylation is 1. The molecule has 1 aromatic heterocycles. The summed E-state index contributed by atoms with van der Waals surface area (Å²) in [6, 6.07) is 9.50. The van der Waals surface area contributed by atoms with Crippen LogP contribution in [0.5, 0.6) is 0 Å². The van der Waals surface area contributed by atoms with Crippen molar-refractivity contribution in [2.24, 2.45) is 0 Å². The van der Waals surface area contributed by atoms with Crippen molar-refractivity contribution in [3.63, 3.8) is 0 Å². The first-order chi connectivity index (χ1) is 13.0. The zero-order chi connectivity index (χ0) is 19.6. The van der Waals surface area contributed by atoms with E-state index < -0.39 is 5.97 Å². The van der Waals surface area contributed by atoms with E-state index in [1.165, 1.54) is 23.3 Å². The van der Waals surface area contributed by atoms with Gasteiger partial charge in [0.05, 0.1) is 7.11 Å². The van der Waals surface area contributed by atoms with E-state index in [1.54, 1.807) is 11.4 Å². The minimum atomic E-state index is -0.456. The third-order valence-electron chi connectivity index (χ3n) is 4.16. The van der Waals surface area contributed by atoms with Gasteiger partial charge in [0, 0.05) is 30.5 Å². The van der Waals surface area contributed by atoms with Crippen LogP contribution in [0.25, 0.3) is 0 Å². The van der Waals surface area contributed by atoms with Crippen LogP contribution in [0.3, 0.4) is 0 Å². The summed E-state index contributed by atoms with van der Waals surface area (Å²) in [6.07, 6.45) is 0.743. The normalized spacial score (nSPS) is 10.3. The third kappa shape index (κ3) is 6.53. The number of methoxy groups -OCH3 is 1. The van der Waals surface area contributed by atoms with Gasteiger partial charge in [0.25, 0.3) is 5.91 Å². The number of amides is 2. The van der Waals surface area contributed by atoms with E-state index in [0.717, 1.165) is 11.1 Å². The second-order valence-electron chi connectivity index (χ2n) is 6.12. The third-order valence-corrected chi connectivity index (χ3v) is 4.84. The van der Waals surface area contributed by atoms with Gasteiger partial charge in [0.15, 0.2) is 0 Å². The van der Waals surface area contributed by atoms with Gasteiger partial charge in [0.1, 0.15) is 6.54 Å². The molecule has 6 nitrogen and oxygen atoms in total. The Kier molecular flexibility index (Phi) is 8.00. The number of carbonyl (C=O) groups is 3. The summed E-state index contributed by atoms with van der Waals surface area (Å²) in [5.74, 6) is -0.744. The number of thiophene rings is 1. The summed E-state index contributed by atoms with van der Waals surface area (Å²) < 4.78 is 4.71. The Morgan fingerprint density at radius 2 is 1.96 bits per heavy atom. The molecule has 0 aliphatic carbocycles. The van der Waals surface area contributed by atoms with Gasteiger partial charge >= 0.3 is 5.97 Å². The zero-order valence-electron chi connectivity index (χ0n) is 15.6. The van der Waals surface area contributed by atoms with Crippen LogP contribution in [-0.4, -0.2) is 42.9 Å². The molecule has 0 radical (unpaired) electrons. The standard InChI is InChI=1S/C20H24N2O4S/c1-15-6-3-4-7-16(15)12-22(13-19(24)26-2)18(23)8-5-10-21-20(25)17-9-11-27-14-17/h3-4,6-7,9,11,14H,5,8,10,12-13H2,1-2H3,(H,21,25). The van der Waals surface area contributed by atoms with Crippen LogP contribution in [-0.2, 0) is 20.9 Å². The molecule has 0 spiro atoms. The molecular weight excluding hydrogens is 364 g/mol. The zero-order valence-corrected chi connectivity index (χ0v) is 16.4. The fourth-order valence-electron chi connectivity index (χ4n) is 2.54. The fourth-order valence-corrected chi connectivity index (χ4v) is 3.18. The second-order valence-corrected chi connectivity index (χ2v) is 6.90. The van der Waals surface area contributed by atoms with Gasteiger partial charge in [-0.2, -0.15) is 11.3 Å². The minimum Gasteiger partial charge on any atom is -0.468 e. The first-order valence-corrected chi connectivity index (χ1v) is 9.65. The number of ether oxygens (including phenoxy) is 1. The summed E-state index contributed by atoms with van der Waals surface area (Å²) in [5.41, 5.74) is 2.67. The van der Waals surface area contributed by atoms with Gasteiger partial charge < -0.3 is 15.0 Å². The van der Waals surface area contributed by atoms with Crippen molar-refractivity contribution in [1.82, 2.24) is 10.2 Å². The van der Waals surface area contributed by atoms with E-state index in [-0.39, 0.29) is 24.8 Å². The molecule has 2 aromatic rings. The molecule has 0 saturated heterocycles. The van der Waals surface area contributed by atoms with Crippen molar-refractivity contribution in [3.05, 3.63) is 57.8 Å².